The van der Waals surface area contributed by atoms with Gasteiger partial charge < -0.3 is 14.6 Å². The van der Waals surface area contributed by atoms with E-state index in [1.165, 1.54) is 0 Å². The lowest BCUT2D eigenvalue weighted by molar-refractivity contribution is -0.149. The average molecular weight is 543 g/mol. The van der Waals surface area contributed by atoms with Crippen LogP contribution in [0.2, 0.25) is 5.02 Å². The fraction of sp³-hybridized carbons (Fsp3) is 0.227. The minimum atomic E-state index is -0.996. The van der Waals surface area contributed by atoms with E-state index in [9.17, 15) is 9.90 Å². The third kappa shape index (κ3) is 8.23. The molecule has 0 aliphatic carbocycles. The summed E-state index contributed by atoms with van der Waals surface area (Å²) < 4.78 is 12.8. The molecule has 0 spiro atoms. The normalized spacial score (nSPS) is 11.7. The smallest absolute Gasteiger partial charge is 0.333 e. The number of carboxylic acid groups (broad SMARTS) is 1. The van der Waals surface area contributed by atoms with Crippen LogP contribution < -0.4 is 4.74 Å². The number of ether oxygens (including phenoxy) is 2. The summed E-state index contributed by atoms with van der Waals surface area (Å²) in [5, 5.41) is 9.59. The Balaban J connectivity index is 1.90. The van der Waals surface area contributed by atoms with Crippen LogP contribution in [0, 0.1) is 11.8 Å². The first-order valence-electron chi connectivity index (χ1n) is 8.77. The van der Waals surface area contributed by atoms with Crippen LogP contribution in [0.15, 0.2) is 57.5 Å². The number of hydrogen-bond acceptors (Lipinski definition) is 3. The summed E-state index contributed by atoms with van der Waals surface area (Å²) in [5.74, 6) is 5.52. The van der Waals surface area contributed by atoms with Crippen molar-refractivity contribution < 1.29 is 19.4 Å². The van der Waals surface area contributed by atoms with Crippen molar-refractivity contribution in [3.63, 3.8) is 0 Å². The van der Waals surface area contributed by atoms with Gasteiger partial charge in [0.05, 0.1) is 5.02 Å². The van der Waals surface area contributed by atoms with Gasteiger partial charge in [0.2, 0.25) is 0 Å². The summed E-state index contributed by atoms with van der Waals surface area (Å²) in [6.07, 6.45) is 2.86. The third-order valence-corrected chi connectivity index (χ3v) is 4.89. The summed E-state index contributed by atoms with van der Waals surface area (Å²) in [6, 6.07) is 11.0. The van der Waals surface area contributed by atoms with Gasteiger partial charge in [0.25, 0.3) is 0 Å². The van der Waals surface area contributed by atoms with Gasteiger partial charge in [-0.2, -0.15) is 0 Å². The summed E-state index contributed by atoms with van der Waals surface area (Å²) in [5.41, 5.74) is 1.66. The molecule has 7 heteroatoms. The predicted octanol–water partition coefficient (Wildman–Crippen LogP) is 5.88. The zero-order valence-corrected chi connectivity index (χ0v) is 19.6. The molecule has 2 rings (SSSR count). The lowest BCUT2D eigenvalue weighted by Gasteiger charge is -2.13. The number of carbonyl (C=O) groups is 1. The zero-order valence-electron chi connectivity index (χ0n) is 15.6. The maximum absolute atomic E-state index is 11.2. The van der Waals surface area contributed by atoms with Crippen molar-refractivity contribution in [1.82, 2.24) is 0 Å². The molecule has 0 aromatic heterocycles. The molecule has 0 saturated carbocycles. The fourth-order valence-corrected chi connectivity index (χ4v) is 3.97. The molecule has 4 nitrogen and oxygen atoms in total. The summed E-state index contributed by atoms with van der Waals surface area (Å²) in [6.45, 7) is 2.40. The topological polar surface area (TPSA) is 55.8 Å². The molecule has 0 radical (unpaired) electrons. The Labute approximate surface area is 192 Å². The van der Waals surface area contributed by atoms with Gasteiger partial charge in [-0.25, -0.2) is 4.79 Å². The molecule has 152 valence electrons. The monoisotopic (exact) mass is 540 g/mol. The lowest BCUT2D eigenvalue weighted by atomic mass is 10.1. The predicted molar refractivity (Wildman–Crippen MR) is 122 cm³/mol. The molecule has 0 amide bonds. The van der Waals surface area contributed by atoms with E-state index in [1.807, 2.05) is 18.2 Å². The Bertz CT molecular complexity index is 927. The molecule has 1 N–H and O–H groups in total. The van der Waals surface area contributed by atoms with Crippen molar-refractivity contribution in [3.05, 3.63) is 73.6 Å². The Morgan fingerprint density at radius 2 is 1.97 bits per heavy atom. The average Bonchev–Trinajstić information content (AvgIpc) is 2.64. The first-order valence-corrected chi connectivity index (χ1v) is 10.7. The van der Waals surface area contributed by atoms with E-state index in [4.69, 9.17) is 21.1 Å². The summed E-state index contributed by atoms with van der Waals surface area (Å²) in [4.78, 5) is 11.2. The molecule has 29 heavy (non-hydrogen) atoms. The number of hydrogen-bond donors (Lipinski definition) is 1. The van der Waals surface area contributed by atoms with Crippen LogP contribution in [0.5, 0.6) is 5.75 Å². The number of rotatable bonds is 8. The van der Waals surface area contributed by atoms with Crippen LogP contribution in [0.4, 0.5) is 0 Å². The molecule has 0 fully saturated rings. The van der Waals surface area contributed by atoms with Gasteiger partial charge in [-0.3, -0.25) is 0 Å². The number of halogens is 3. The second-order valence-corrected chi connectivity index (χ2v) is 8.13. The molecule has 0 saturated heterocycles. The first-order chi connectivity index (χ1) is 13.9. The number of carboxylic acids is 1. The van der Waals surface area contributed by atoms with Crippen molar-refractivity contribution in [3.8, 4) is 17.6 Å². The Hall–Kier alpha value is -1.78. The van der Waals surface area contributed by atoms with E-state index in [0.717, 1.165) is 20.1 Å². The van der Waals surface area contributed by atoms with E-state index >= 15 is 0 Å². The highest BCUT2D eigenvalue weighted by atomic mass is 79.9. The SMILES string of the molecule is CCOC(Cc1ccc(OCC=CC#Cc2cc(Br)cc(Br)c2)c(Cl)c1)C(=O)O. The molecular weight excluding hydrogens is 523 g/mol. The Morgan fingerprint density at radius 3 is 2.59 bits per heavy atom. The number of benzene rings is 2. The van der Waals surface area contributed by atoms with Crippen LogP contribution in [0.1, 0.15) is 18.1 Å². The molecule has 0 bridgehead atoms. The maximum Gasteiger partial charge on any atom is 0.333 e. The second kappa shape index (κ2) is 12.0. The summed E-state index contributed by atoms with van der Waals surface area (Å²) in [7, 11) is 0. The molecule has 1 atom stereocenters. The largest absolute Gasteiger partial charge is 0.488 e. The van der Waals surface area contributed by atoms with Crippen LogP contribution >= 0.6 is 43.5 Å². The zero-order chi connectivity index (χ0) is 21.2. The van der Waals surface area contributed by atoms with Crippen molar-refractivity contribution in [2.75, 3.05) is 13.2 Å². The van der Waals surface area contributed by atoms with E-state index in [1.54, 1.807) is 37.3 Å². The lowest BCUT2D eigenvalue weighted by Crippen LogP contribution is -2.26. The van der Waals surface area contributed by atoms with Gasteiger partial charge in [-0.15, -0.1) is 0 Å². The van der Waals surface area contributed by atoms with Crippen molar-refractivity contribution in [1.29, 1.82) is 0 Å². The fourth-order valence-electron chi connectivity index (χ4n) is 2.42. The quantitative estimate of drug-likeness (QED) is 0.423. The first kappa shape index (κ1) is 23.5. The molecule has 1 unspecified atom stereocenters. The van der Waals surface area contributed by atoms with Gasteiger partial charge >= 0.3 is 5.97 Å². The van der Waals surface area contributed by atoms with E-state index in [2.05, 4.69) is 43.7 Å². The van der Waals surface area contributed by atoms with Gasteiger partial charge in [0.15, 0.2) is 6.10 Å². The number of aliphatic carboxylic acids is 1. The molecule has 2 aromatic carbocycles. The maximum atomic E-state index is 11.2. The Morgan fingerprint density at radius 1 is 1.24 bits per heavy atom. The molecule has 0 aliphatic rings. The van der Waals surface area contributed by atoms with E-state index < -0.39 is 12.1 Å². The van der Waals surface area contributed by atoms with Gasteiger partial charge in [-0.05, 0) is 55.0 Å². The highest BCUT2D eigenvalue weighted by Crippen LogP contribution is 2.26. The molecule has 2 aromatic rings. The van der Waals surface area contributed by atoms with E-state index in [0.29, 0.717) is 24.0 Å². The van der Waals surface area contributed by atoms with Crippen LogP contribution in [0.25, 0.3) is 0 Å². The standard InChI is InChI=1S/C22H19Br2ClO4/c1-2-28-21(22(26)27)13-16-7-8-20(19(25)12-16)29-9-5-3-4-6-15-10-17(23)14-18(24)11-15/h3,5,7-8,10-12,14,21H,2,9,13H2,1H3,(H,26,27). The van der Waals surface area contributed by atoms with Crippen LogP contribution in [0.3, 0.4) is 0 Å². The highest BCUT2D eigenvalue weighted by molar-refractivity contribution is 9.11. The Kier molecular flexibility index (Phi) is 9.75. The van der Waals surface area contributed by atoms with Gasteiger partial charge in [-0.1, -0.05) is 61.4 Å². The molecular formula is C22H19Br2ClO4. The molecule has 0 aliphatic heterocycles. The minimum Gasteiger partial charge on any atom is -0.488 e. The van der Waals surface area contributed by atoms with Crippen LogP contribution in [-0.4, -0.2) is 30.4 Å². The third-order valence-electron chi connectivity index (χ3n) is 3.68. The minimum absolute atomic E-state index is 0.240. The van der Waals surface area contributed by atoms with Gasteiger partial charge in [0.1, 0.15) is 12.4 Å². The van der Waals surface area contributed by atoms with E-state index in [-0.39, 0.29) is 6.42 Å². The van der Waals surface area contributed by atoms with Crippen LogP contribution in [-0.2, 0) is 16.0 Å². The van der Waals surface area contributed by atoms with Crippen molar-refractivity contribution in [2.24, 2.45) is 0 Å². The summed E-state index contributed by atoms with van der Waals surface area (Å²) >= 11 is 13.1. The van der Waals surface area contributed by atoms with Crippen molar-refractivity contribution in [2.45, 2.75) is 19.4 Å². The van der Waals surface area contributed by atoms with Gasteiger partial charge in [0, 0.05) is 27.5 Å². The molecule has 0 heterocycles. The highest BCUT2D eigenvalue weighted by Gasteiger charge is 2.18. The number of allylic oxidation sites excluding steroid dienone is 1. The second-order valence-electron chi connectivity index (χ2n) is 5.89. The van der Waals surface area contributed by atoms with Crippen molar-refractivity contribution >= 4 is 49.4 Å².